The molecule has 2 heterocycles. The number of phenolic OH excluding ortho intramolecular Hbond substituents is 2. The number of pyridine rings is 1. The lowest BCUT2D eigenvalue weighted by Gasteiger charge is -2.12. The van der Waals surface area contributed by atoms with Gasteiger partial charge in [0.15, 0.2) is 11.5 Å². The molecular weight excluding hydrogens is 316 g/mol. The molecule has 0 atom stereocenters. The molecule has 0 amide bonds. The maximum atomic E-state index is 10.4. The number of nitrogens with zero attached hydrogens (tertiary/aromatic N) is 3. The van der Waals surface area contributed by atoms with Gasteiger partial charge in [-0.25, -0.2) is 9.97 Å². The molecule has 0 saturated heterocycles. The number of aryl methyl sites for hydroxylation is 1. The van der Waals surface area contributed by atoms with Gasteiger partial charge in [-0.05, 0) is 48.9 Å². The first-order valence-corrected chi connectivity index (χ1v) is 7.77. The van der Waals surface area contributed by atoms with Crippen molar-refractivity contribution in [1.29, 1.82) is 0 Å². The number of anilines is 1. The van der Waals surface area contributed by atoms with Crippen LogP contribution in [0.5, 0.6) is 11.5 Å². The highest BCUT2D eigenvalue weighted by molar-refractivity contribution is 5.82. The van der Waals surface area contributed by atoms with E-state index in [0.29, 0.717) is 33.8 Å². The van der Waals surface area contributed by atoms with Crippen LogP contribution in [0.15, 0.2) is 54.7 Å². The zero-order chi connectivity index (χ0) is 17.6. The molecule has 0 radical (unpaired) electrons. The van der Waals surface area contributed by atoms with Gasteiger partial charge >= 0.3 is 0 Å². The second kappa shape index (κ2) is 5.52. The lowest BCUT2D eigenvalue weighted by Crippen LogP contribution is -2.00. The number of aromatic nitrogens is 3. The van der Waals surface area contributed by atoms with Gasteiger partial charge in [0, 0.05) is 18.0 Å². The molecule has 0 spiro atoms. The predicted molar refractivity (Wildman–Crippen MR) is 96.8 cm³/mol. The standard InChI is InChI=1S/C19H16N4O2/c1-11-8-14(17(25)10-16(11)24)18-22-15-6-3-7-21-19(15)23(18)13-5-2-4-12(20)9-13/h2-10,24-25H,20H2,1H3. The van der Waals surface area contributed by atoms with E-state index in [2.05, 4.69) is 9.97 Å². The average Bonchev–Trinajstić information content (AvgIpc) is 2.97. The molecular formula is C19H16N4O2. The van der Waals surface area contributed by atoms with E-state index in [4.69, 9.17) is 5.73 Å². The molecule has 2 aromatic carbocycles. The molecule has 4 N–H and O–H groups in total. The first kappa shape index (κ1) is 15.0. The summed E-state index contributed by atoms with van der Waals surface area (Å²) in [7, 11) is 0. The lowest BCUT2D eigenvalue weighted by atomic mass is 10.1. The van der Waals surface area contributed by atoms with Gasteiger partial charge in [0.05, 0.1) is 11.3 Å². The molecule has 0 aliphatic carbocycles. The van der Waals surface area contributed by atoms with Crippen LogP contribution in [0.2, 0.25) is 0 Å². The number of imidazole rings is 1. The fourth-order valence-corrected chi connectivity index (χ4v) is 2.87. The third-order valence-electron chi connectivity index (χ3n) is 4.10. The van der Waals surface area contributed by atoms with Crippen LogP contribution in [0.3, 0.4) is 0 Å². The van der Waals surface area contributed by atoms with Crippen LogP contribution in [0.1, 0.15) is 5.56 Å². The van der Waals surface area contributed by atoms with E-state index in [0.717, 1.165) is 5.69 Å². The maximum absolute atomic E-state index is 10.4. The predicted octanol–water partition coefficient (Wildman–Crippen LogP) is 3.39. The van der Waals surface area contributed by atoms with Crippen LogP contribution < -0.4 is 5.73 Å². The van der Waals surface area contributed by atoms with E-state index in [-0.39, 0.29) is 11.5 Å². The lowest BCUT2D eigenvalue weighted by molar-refractivity contribution is 0.449. The van der Waals surface area contributed by atoms with Gasteiger partial charge in [0.1, 0.15) is 17.0 Å². The van der Waals surface area contributed by atoms with Crippen molar-refractivity contribution in [3.63, 3.8) is 0 Å². The summed E-state index contributed by atoms with van der Waals surface area (Å²) >= 11 is 0. The van der Waals surface area contributed by atoms with Crippen molar-refractivity contribution >= 4 is 16.9 Å². The van der Waals surface area contributed by atoms with E-state index in [1.807, 2.05) is 34.9 Å². The fourth-order valence-electron chi connectivity index (χ4n) is 2.87. The van der Waals surface area contributed by atoms with E-state index in [9.17, 15) is 10.2 Å². The molecule has 0 unspecified atom stereocenters. The van der Waals surface area contributed by atoms with Crippen molar-refractivity contribution in [2.75, 3.05) is 5.73 Å². The van der Waals surface area contributed by atoms with Gasteiger partial charge in [-0.1, -0.05) is 6.07 Å². The highest BCUT2D eigenvalue weighted by Gasteiger charge is 2.19. The van der Waals surface area contributed by atoms with E-state index < -0.39 is 0 Å². The second-order valence-corrected chi connectivity index (χ2v) is 5.87. The number of benzene rings is 2. The van der Waals surface area contributed by atoms with Crippen molar-refractivity contribution in [2.24, 2.45) is 0 Å². The topological polar surface area (TPSA) is 97.2 Å². The minimum absolute atomic E-state index is 0.0333. The molecule has 4 aromatic rings. The third-order valence-corrected chi connectivity index (χ3v) is 4.10. The quantitative estimate of drug-likeness (QED) is 0.489. The highest BCUT2D eigenvalue weighted by Crippen LogP contribution is 2.36. The summed E-state index contributed by atoms with van der Waals surface area (Å²) in [6.45, 7) is 1.77. The molecule has 0 aliphatic heterocycles. The summed E-state index contributed by atoms with van der Waals surface area (Å²) in [6.07, 6.45) is 1.69. The number of aromatic hydroxyl groups is 2. The van der Waals surface area contributed by atoms with E-state index in [1.54, 1.807) is 25.3 Å². The summed E-state index contributed by atoms with van der Waals surface area (Å²) < 4.78 is 1.84. The summed E-state index contributed by atoms with van der Waals surface area (Å²) in [5.74, 6) is 0.509. The molecule has 4 rings (SSSR count). The molecule has 0 bridgehead atoms. The number of fused-ring (bicyclic) bond motifs is 1. The van der Waals surface area contributed by atoms with Crippen molar-refractivity contribution in [3.05, 3.63) is 60.3 Å². The summed E-state index contributed by atoms with van der Waals surface area (Å²) in [5.41, 5.74) is 9.86. The van der Waals surface area contributed by atoms with Gasteiger partial charge in [-0.2, -0.15) is 0 Å². The van der Waals surface area contributed by atoms with Crippen LogP contribution in [0.25, 0.3) is 28.2 Å². The van der Waals surface area contributed by atoms with Crippen LogP contribution >= 0.6 is 0 Å². The van der Waals surface area contributed by atoms with Crippen LogP contribution in [0.4, 0.5) is 5.69 Å². The fraction of sp³-hybridized carbons (Fsp3) is 0.0526. The first-order chi connectivity index (χ1) is 12.0. The molecule has 0 fully saturated rings. The zero-order valence-electron chi connectivity index (χ0n) is 13.5. The van der Waals surface area contributed by atoms with Gasteiger partial charge in [-0.15, -0.1) is 0 Å². The molecule has 6 nitrogen and oxygen atoms in total. The second-order valence-electron chi connectivity index (χ2n) is 5.87. The van der Waals surface area contributed by atoms with Crippen LogP contribution in [0, 0.1) is 6.92 Å². The maximum Gasteiger partial charge on any atom is 0.164 e. The number of nitrogen functional groups attached to an aromatic ring is 1. The van der Waals surface area contributed by atoms with Gasteiger partial charge < -0.3 is 15.9 Å². The average molecular weight is 332 g/mol. The Balaban J connectivity index is 2.08. The number of hydrogen-bond donors (Lipinski definition) is 3. The third kappa shape index (κ3) is 2.44. The van der Waals surface area contributed by atoms with E-state index in [1.165, 1.54) is 6.07 Å². The van der Waals surface area contributed by atoms with Crippen LogP contribution in [-0.4, -0.2) is 24.7 Å². The molecule has 6 heteroatoms. The molecule has 2 aromatic heterocycles. The van der Waals surface area contributed by atoms with Gasteiger partial charge in [0.2, 0.25) is 0 Å². The Morgan fingerprint density at radius 1 is 1.00 bits per heavy atom. The van der Waals surface area contributed by atoms with Crippen molar-refractivity contribution < 1.29 is 10.2 Å². The van der Waals surface area contributed by atoms with E-state index >= 15 is 0 Å². The van der Waals surface area contributed by atoms with Crippen LogP contribution in [-0.2, 0) is 0 Å². The smallest absolute Gasteiger partial charge is 0.164 e. The Morgan fingerprint density at radius 3 is 2.64 bits per heavy atom. The monoisotopic (exact) mass is 332 g/mol. The molecule has 0 aliphatic rings. The number of hydrogen-bond acceptors (Lipinski definition) is 5. The molecule has 25 heavy (non-hydrogen) atoms. The Hall–Kier alpha value is -3.54. The Morgan fingerprint density at radius 2 is 1.84 bits per heavy atom. The van der Waals surface area contributed by atoms with Crippen molar-refractivity contribution in [2.45, 2.75) is 6.92 Å². The molecule has 124 valence electrons. The van der Waals surface area contributed by atoms with Crippen molar-refractivity contribution in [3.8, 4) is 28.6 Å². The van der Waals surface area contributed by atoms with Gasteiger partial charge in [0.25, 0.3) is 0 Å². The SMILES string of the molecule is Cc1cc(-c2nc3cccnc3n2-c2cccc(N)c2)c(O)cc1O. The summed E-state index contributed by atoms with van der Waals surface area (Å²) in [5, 5.41) is 20.2. The Bertz CT molecular complexity index is 1100. The molecule has 0 saturated carbocycles. The number of rotatable bonds is 2. The minimum Gasteiger partial charge on any atom is -0.508 e. The largest absolute Gasteiger partial charge is 0.508 e. The Labute approximate surface area is 143 Å². The summed E-state index contributed by atoms with van der Waals surface area (Å²) in [6, 6.07) is 14.1. The highest BCUT2D eigenvalue weighted by atomic mass is 16.3. The number of phenols is 2. The Kier molecular flexibility index (Phi) is 3.32. The van der Waals surface area contributed by atoms with Gasteiger partial charge in [-0.3, -0.25) is 4.57 Å². The normalized spacial score (nSPS) is 11.1. The first-order valence-electron chi connectivity index (χ1n) is 7.77. The van der Waals surface area contributed by atoms with Crippen molar-refractivity contribution in [1.82, 2.24) is 14.5 Å². The summed E-state index contributed by atoms with van der Waals surface area (Å²) in [4.78, 5) is 9.07. The zero-order valence-corrected chi connectivity index (χ0v) is 13.5. The minimum atomic E-state index is -0.0523. The number of nitrogens with two attached hydrogens (primary N) is 1.